The molecule has 0 saturated heterocycles. The Morgan fingerprint density at radius 3 is 2.65 bits per heavy atom. The van der Waals surface area contributed by atoms with E-state index in [0.717, 1.165) is 14.4 Å². The van der Waals surface area contributed by atoms with Crippen LogP contribution in [0.15, 0.2) is 21.5 Å². The largest absolute Gasteiger partial charge is 0.478 e. The van der Waals surface area contributed by atoms with Gasteiger partial charge in [0.15, 0.2) is 4.34 Å². The minimum Gasteiger partial charge on any atom is -0.478 e. The molecule has 2 heterocycles. The van der Waals surface area contributed by atoms with Crippen molar-refractivity contribution in [2.45, 2.75) is 23.2 Å². The molecule has 7 heteroatoms. The molecule has 2 rings (SSSR count). The van der Waals surface area contributed by atoms with Gasteiger partial charge in [-0.15, -0.1) is 10.2 Å². The molecule has 0 radical (unpaired) electrons. The van der Waals surface area contributed by atoms with Crippen molar-refractivity contribution in [1.29, 1.82) is 0 Å². The Hall–Kier alpha value is -1.47. The van der Waals surface area contributed by atoms with Crippen molar-refractivity contribution in [2.75, 3.05) is 0 Å². The quantitative estimate of drug-likeness (QED) is 0.920. The van der Waals surface area contributed by atoms with Crippen molar-refractivity contribution >= 4 is 29.1 Å². The van der Waals surface area contributed by atoms with Crippen molar-refractivity contribution in [3.05, 3.63) is 28.4 Å². The number of aromatic carboxylic acids is 1. The van der Waals surface area contributed by atoms with Crippen LogP contribution in [-0.4, -0.2) is 26.3 Å². The SMILES string of the molecule is Cc1nnc(Sc2ccc(C(=O)O)c(C)n2)s1. The Morgan fingerprint density at radius 1 is 1.35 bits per heavy atom. The molecule has 0 aliphatic heterocycles. The molecule has 2 aromatic rings. The average molecular weight is 267 g/mol. The van der Waals surface area contributed by atoms with Crippen LogP contribution in [0.5, 0.6) is 0 Å². The molecular formula is C10H9N3O2S2. The van der Waals surface area contributed by atoms with Gasteiger partial charge in [-0.1, -0.05) is 11.3 Å². The van der Waals surface area contributed by atoms with Crippen molar-refractivity contribution < 1.29 is 9.90 Å². The van der Waals surface area contributed by atoms with Crippen molar-refractivity contribution in [1.82, 2.24) is 15.2 Å². The van der Waals surface area contributed by atoms with Crippen LogP contribution in [0.2, 0.25) is 0 Å². The molecule has 0 aromatic carbocycles. The number of pyridine rings is 1. The molecule has 0 unspecified atom stereocenters. The number of carbonyl (C=O) groups is 1. The van der Waals surface area contributed by atoms with Crippen molar-refractivity contribution in [2.24, 2.45) is 0 Å². The molecule has 0 fully saturated rings. The van der Waals surface area contributed by atoms with Crippen LogP contribution in [0.25, 0.3) is 0 Å². The van der Waals surface area contributed by atoms with Gasteiger partial charge in [0.1, 0.15) is 10.0 Å². The van der Waals surface area contributed by atoms with E-state index in [1.807, 2.05) is 6.92 Å². The summed E-state index contributed by atoms with van der Waals surface area (Å²) in [4.78, 5) is 15.0. The normalized spacial score (nSPS) is 10.5. The third-order valence-corrected chi connectivity index (χ3v) is 3.82. The van der Waals surface area contributed by atoms with Gasteiger partial charge in [-0.05, 0) is 37.7 Å². The van der Waals surface area contributed by atoms with Gasteiger partial charge in [-0.25, -0.2) is 9.78 Å². The predicted molar refractivity (Wildman–Crippen MR) is 64.7 cm³/mol. The zero-order valence-electron chi connectivity index (χ0n) is 9.17. The number of rotatable bonds is 3. The first kappa shape index (κ1) is 12.0. The average Bonchev–Trinajstić information content (AvgIpc) is 2.63. The standard InChI is InChI=1S/C10H9N3O2S2/c1-5-7(9(14)15)3-4-8(11-5)17-10-13-12-6(2)16-10/h3-4H,1-2H3,(H,14,15). The van der Waals surface area contributed by atoms with Crippen LogP contribution in [0, 0.1) is 13.8 Å². The van der Waals surface area contributed by atoms with Gasteiger partial charge in [0.25, 0.3) is 0 Å². The lowest BCUT2D eigenvalue weighted by molar-refractivity contribution is 0.0695. The number of carboxylic acid groups (broad SMARTS) is 1. The summed E-state index contributed by atoms with van der Waals surface area (Å²) in [6.07, 6.45) is 0. The third-order valence-electron chi connectivity index (χ3n) is 1.99. The first-order valence-corrected chi connectivity index (χ1v) is 6.38. The van der Waals surface area contributed by atoms with E-state index < -0.39 is 5.97 Å². The van der Waals surface area contributed by atoms with Gasteiger partial charge in [0.05, 0.1) is 11.3 Å². The first-order valence-electron chi connectivity index (χ1n) is 4.75. The van der Waals surface area contributed by atoms with Crippen LogP contribution in [0.4, 0.5) is 0 Å². The Balaban J connectivity index is 2.23. The second-order valence-electron chi connectivity index (χ2n) is 3.28. The van der Waals surface area contributed by atoms with Crippen LogP contribution in [0.1, 0.15) is 21.1 Å². The van der Waals surface area contributed by atoms with Crippen molar-refractivity contribution in [3.63, 3.8) is 0 Å². The van der Waals surface area contributed by atoms with E-state index in [-0.39, 0.29) is 5.56 Å². The summed E-state index contributed by atoms with van der Waals surface area (Å²) < 4.78 is 0.803. The van der Waals surface area contributed by atoms with E-state index in [4.69, 9.17) is 5.11 Å². The molecule has 0 saturated carbocycles. The number of aromatic nitrogens is 3. The van der Waals surface area contributed by atoms with E-state index in [9.17, 15) is 4.79 Å². The fourth-order valence-corrected chi connectivity index (χ4v) is 3.01. The van der Waals surface area contributed by atoms with Gasteiger partial charge in [0, 0.05) is 0 Å². The molecule has 0 bridgehead atoms. The maximum absolute atomic E-state index is 10.8. The first-order chi connectivity index (χ1) is 8.06. The molecule has 0 atom stereocenters. The van der Waals surface area contributed by atoms with Gasteiger partial charge >= 0.3 is 5.97 Å². The van der Waals surface area contributed by atoms with Gasteiger partial charge in [0.2, 0.25) is 0 Å². The zero-order chi connectivity index (χ0) is 12.4. The molecule has 17 heavy (non-hydrogen) atoms. The smallest absolute Gasteiger partial charge is 0.337 e. The third kappa shape index (κ3) is 2.80. The van der Waals surface area contributed by atoms with Crippen LogP contribution in [0.3, 0.4) is 0 Å². The van der Waals surface area contributed by atoms with E-state index in [1.54, 1.807) is 19.1 Å². The highest BCUT2D eigenvalue weighted by molar-refractivity contribution is 8.01. The number of hydrogen-bond donors (Lipinski definition) is 1. The molecule has 88 valence electrons. The molecule has 0 aliphatic carbocycles. The Labute approximate surface area is 106 Å². The molecule has 2 aromatic heterocycles. The maximum Gasteiger partial charge on any atom is 0.337 e. The van der Waals surface area contributed by atoms with E-state index in [1.165, 1.54) is 23.1 Å². The number of carboxylic acids is 1. The Morgan fingerprint density at radius 2 is 2.12 bits per heavy atom. The van der Waals surface area contributed by atoms with Crippen LogP contribution >= 0.6 is 23.1 Å². The molecule has 1 N–H and O–H groups in total. The molecule has 0 amide bonds. The molecule has 5 nitrogen and oxygen atoms in total. The highest BCUT2D eigenvalue weighted by Crippen LogP contribution is 2.28. The Kier molecular flexibility index (Phi) is 3.39. The van der Waals surface area contributed by atoms with Crippen LogP contribution < -0.4 is 0 Å². The minimum atomic E-state index is -0.960. The lowest BCUT2D eigenvalue weighted by Gasteiger charge is -2.01. The van der Waals surface area contributed by atoms with E-state index in [2.05, 4.69) is 15.2 Å². The second kappa shape index (κ2) is 4.80. The number of hydrogen-bond acceptors (Lipinski definition) is 6. The maximum atomic E-state index is 10.8. The monoisotopic (exact) mass is 267 g/mol. The zero-order valence-corrected chi connectivity index (χ0v) is 10.8. The fourth-order valence-electron chi connectivity index (χ4n) is 1.23. The summed E-state index contributed by atoms with van der Waals surface area (Å²) in [6, 6.07) is 3.23. The van der Waals surface area contributed by atoms with E-state index in [0.29, 0.717) is 5.69 Å². The lowest BCUT2D eigenvalue weighted by atomic mass is 10.2. The number of nitrogens with zero attached hydrogens (tertiary/aromatic N) is 3. The lowest BCUT2D eigenvalue weighted by Crippen LogP contribution is -2.01. The van der Waals surface area contributed by atoms with Crippen LogP contribution in [-0.2, 0) is 0 Å². The number of aryl methyl sites for hydroxylation is 2. The minimum absolute atomic E-state index is 0.225. The van der Waals surface area contributed by atoms with Gasteiger partial charge in [-0.3, -0.25) is 0 Å². The van der Waals surface area contributed by atoms with Gasteiger partial charge in [-0.2, -0.15) is 0 Å². The summed E-state index contributed by atoms with van der Waals surface area (Å²) in [7, 11) is 0. The topological polar surface area (TPSA) is 76.0 Å². The molecule has 0 spiro atoms. The Bertz CT molecular complexity index is 568. The molecular weight excluding hydrogens is 258 g/mol. The summed E-state index contributed by atoms with van der Waals surface area (Å²) in [6.45, 7) is 3.56. The van der Waals surface area contributed by atoms with Crippen molar-refractivity contribution in [3.8, 4) is 0 Å². The summed E-state index contributed by atoms with van der Waals surface area (Å²) >= 11 is 2.87. The predicted octanol–water partition coefficient (Wildman–Crippen LogP) is 2.40. The summed E-state index contributed by atoms with van der Waals surface area (Å²) in [5.41, 5.74) is 0.728. The second-order valence-corrected chi connectivity index (χ2v) is 5.73. The molecule has 0 aliphatic rings. The highest BCUT2D eigenvalue weighted by Gasteiger charge is 2.10. The summed E-state index contributed by atoms with van der Waals surface area (Å²) in [5, 5.41) is 18.4. The highest BCUT2D eigenvalue weighted by atomic mass is 32.2. The fraction of sp³-hybridized carbons (Fsp3) is 0.200. The van der Waals surface area contributed by atoms with E-state index >= 15 is 0 Å². The van der Waals surface area contributed by atoms with Gasteiger partial charge < -0.3 is 5.11 Å². The summed E-state index contributed by atoms with van der Waals surface area (Å²) in [5.74, 6) is -0.960.